The third kappa shape index (κ3) is 4.60. The number of carbonyl (C=O) groups excluding carboxylic acids is 1. The summed E-state index contributed by atoms with van der Waals surface area (Å²) in [5, 5.41) is 7.17. The van der Waals surface area contributed by atoms with Gasteiger partial charge >= 0.3 is 0 Å². The fourth-order valence-corrected chi connectivity index (χ4v) is 5.14. The number of hydrogen-bond donors (Lipinski definition) is 1. The van der Waals surface area contributed by atoms with Gasteiger partial charge in [0.1, 0.15) is 10.6 Å². The molecule has 3 rings (SSSR count). The number of aryl methyl sites for hydroxylation is 2. The first-order chi connectivity index (χ1) is 13.8. The zero-order valence-corrected chi connectivity index (χ0v) is 17.7. The maximum Gasteiger partial charge on any atom is 0.246 e. The predicted octanol–water partition coefficient (Wildman–Crippen LogP) is 1.56. The average Bonchev–Trinajstić information content (AvgIpc) is 3.01. The van der Waals surface area contributed by atoms with Gasteiger partial charge in [-0.15, -0.1) is 0 Å². The second-order valence-electron chi connectivity index (χ2n) is 6.74. The summed E-state index contributed by atoms with van der Waals surface area (Å²) in [5.74, 6) is 0.366. The van der Waals surface area contributed by atoms with Crippen molar-refractivity contribution in [1.29, 1.82) is 0 Å². The van der Waals surface area contributed by atoms with E-state index < -0.39 is 10.0 Å². The van der Waals surface area contributed by atoms with Crippen LogP contribution in [0.25, 0.3) is 0 Å². The number of aromatic nitrogens is 2. The van der Waals surface area contributed by atoms with Crippen molar-refractivity contribution in [2.75, 3.05) is 38.7 Å². The third-order valence-corrected chi connectivity index (χ3v) is 6.97. The van der Waals surface area contributed by atoms with Crippen LogP contribution >= 0.6 is 0 Å². The zero-order chi connectivity index (χ0) is 21.0. The summed E-state index contributed by atoms with van der Waals surface area (Å²) in [6.45, 7) is 5.08. The summed E-state index contributed by atoms with van der Waals surface area (Å²) >= 11 is 0. The molecule has 10 heteroatoms. The molecule has 1 fully saturated rings. The van der Waals surface area contributed by atoms with Crippen molar-refractivity contribution >= 4 is 21.6 Å². The van der Waals surface area contributed by atoms with E-state index in [9.17, 15) is 13.2 Å². The summed E-state index contributed by atoms with van der Waals surface area (Å²) in [6, 6.07) is 7.15. The van der Waals surface area contributed by atoms with Gasteiger partial charge in [0.25, 0.3) is 0 Å². The number of hydrogen-bond acceptors (Lipinski definition) is 6. The Morgan fingerprint density at radius 1 is 1.24 bits per heavy atom. The number of ether oxygens (including phenoxy) is 2. The van der Waals surface area contributed by atoms with Gasteiger partial charge < -0.3 is 14.8 Å². The average molecular weight is 423 g/mol. The van der Waals surface area contributed by atoms with Crippen LogP contribution in [0, 0.1) is 13.8 Å². The highest BCUT2D eigenvalue weighted by Crippen LogP contribution is 2.25. The van der Waals surface area contributed by atoms with E-state index in [-0.39, 0.29) is 23.8 Å². The molecule has 1 N–H and O–H groups in total. The van der Waals surface area contributed by atoms with Crippen LogP contribution in [0.4, 0.5) is 5.69 Å². The maximum absolute atomic E-state index is 13.0. The van der Waals surface area contributed by atoms with Crippen LogP contribution in [0.3, 0.4) is 0 Å². The van der Waals surface area contributed by atoms with E-state index >= 15 is 0 Å². The molecule has 1 amide bonds. The number of nitrogens with one attached hydrogen (secondary N) is 1. The monoisotopic (exact) mass is 422 g/mol. The molecule has 0 radical (unpaired) electrons. The molecule has 9 nitrogen and oxygen atoms in total. The van der Waals surface area contributed by atoms with Gasteiger partial charge in [-0.3, -0.25) is 9.48 Å². The number of sulfonamides is 1. The van der Waals surface area contributed by atoms with Gasteiger partial charge in [-0.1, -0.05) is 12.1 Å². The van der Waals surface area contributed by atoms with E-state index in [0.29, 0.717) is 49.1 Å². The van der Waals surface area contributed by atoms with Crippen LogP contribution in [-0.2, 0) is 26.1 Å². The second kappa shape index (κ2) is 8.93. The Balaban J connectivity index is 1.71. The zero-order valence-electron chi connectivity index (χ0n) is 16.8. The number of methoxy groups -OCH3 is 1. The Hall–Kier alpha value is -2.43. The van der Waals surface area contributed by atoms with Gasteiger partial charge in [0, 0.05) is 19.5 Å². The molecule has 2 heterocycles. The van der Waals surface area contributed by atoms with Gasteiger partial charge in [-0.05, 0) is 26.0 Å². The predicted molar refractivity (Wildman–Crippen MR) is 108 cm³/mol. The highest BCUT2D eigenvalue weighted by Gasteiger charge is 2.32. The summed E-state index contributed by atoms with van der Waals surface area (Å²) < 4.78 is 39.5. The van der Waals surface area contributed by atoms with Crippen molar-refractivity contribution in [3.8, 4) is 5.75 Å². The van der Waals surface area contributed by atoms with Crippen molar-refractivity contribution in [2.24, 2.45) is 0 Å². The molecule has 0 bridgehead atoms. The van der Waals surface area contributed by atoms with Gasteiger partial charge in [0.15, 0.2) is 0 Å². The fourth-order valence-electron chi connectivity index (χ4n) is 3.36. The topological polar surface area (TPSA) is 103 Å². The second-order valence-corrected chi connectivity index (χ2v) is 8.61. The fraction of sp³-hybridized carbons (Fsp3) is 0.474. The van der Waals surface area contributed by atoms with E-state index in [0.717, 1.165) is 0 Å². The Bertz CT molecular complexity index is 980. The van der Waals surface area contributed by atoms with Crippen molar-refractivity contribution in [2.45, 2.75) is 31.7 Å². The molecule has 158 valence electrons. The quantitative estimate of drug-likeness (QED) is 0.726. The molecule has 0 atom stereocenters. The first-order valence-corrected chi connectivity index (χ1v) is 10.8. The van der Waals surface area contributed by atoms with Gasteiger partial charge in [0.05, 0.1) is 43.9 Å². The van der Waals surface area contributed by atoms with Crippen LogP contribution in [0.2, 0.25) is 0 Å². The molecular weight excluding hydrogens is 396 g/mol. The standard InChI is InChI=1S/C19H26N4O5S/c1-14-19(29(25,26)22-10-12-28-13-11-22)15(2)23(21-14)9-8-18(24)20-16-6-4-5-7-17(16)27-3/h4-7H,8-13H2,1-3H3,(H,20,24). The van der Waals surface area contributed by atoms with E-state index in [1.807, 2.05) is 12.1 Å². The Labute approximate surface area is 170 Å². The summed E-state index contributed by atoms with van der Waals surface area (Å²) in [7, 11) is -2.11. The van der Waals surface area contributed by atoms with Crippen molar-refractivity contribution in [1.82, 2.24) is 14.1 Å². The third-order valence-electron chi connectivity index (χ3n) is 4.81. The van der Waals surface area contributed by atoms with Crippen LogP contribution in [0.5, 0.6) is 5.75 Å². The molecule has 1 saturated heterocycles. The molecule has 1 aromatic carbocycles. The minimum atomic E-state index is -3.65. The summed E-state index contributed by atoms with van der Waals surface area (Å²) in [4.78, 5) is 12.6. The minimum Gasteiger partial charge on any atom is -0.495 e. The van der Waals surface area contributed by atoms with Crippen molar-refractivity contribution < 1.29 is 22.7 Å². The number of nitrogens with zero attached hydrogens (tertiary/aromatic N) is 3. The Kier molecular flexibility index (Phi) is 6.56. The molecule has 1 aliphatic rings. The van der Waals surface area contributed by atoms with Crippen LogP contribution in [0.15, 0.2) is 29.2 Å². The number of carbonyl (C=O) groups is 1. The molecule has 0 spiro atoms. The van der Waals surface area contributed by atoms with Crippen molar-refractivity contribution in [3.63, 3.8) is 0 Å². The number of amides is 1. The van der Waals surface area contributed by atoms with Crippen LogP contribution in [-0.4, -0.2) is 61.8 Å². The largest absolute Gasteiger partial charge is 0.495 e. The first-order valence-electron chi connectivity index (χ1n) is 9.39. The molecule has 0 saturated carbocycles. The van der Waals surface area contributed by atoms with E-state index in [2.05, 4.69) is 10.4 Å². The number of morpholine rings is 1. The Morgan fingerprint density at radius 3 is 2.62 bits per heavy atom. The number of rotatable bonds is 7. The van der Waals surface area contributed by atoms with Gasteiger partial charge in [-0.2, -0.15) is 9.40 Å². The molecule has 2 aromatic rings. The first kappa shape index (κ1) is 21.3. The van der Waals surface area contributed by atoms with Crippen molar-refractivity contribution in [3.05, 3.63) is 35.7 Å². The number of anilines is 1. The molecule has 1 aliphatic heterocycles. The normalized spacial score (nSPS) is 15.3. The molecule has 0 unspecified atom stereocenters. The SMILES string of the molecule is COc1ccccc1NC(=O)CCn1nc(C)c(S(=O)(=O)N2CCOCC2)c1C. The smallest absolute Gasteiger partial charge is 0.246 e. The summed E-state index contributed by atoms with van der Waals surface area (Å²) in [5.41, 5.74) is 1.54. The van der Waals surface area contributed by atoms with Gasteiger partial charge in [0.2, 0.25) is 15.9 Å². The lowest BCUT2D eigenvalue weighted by Gasteiger charge is -2.26. The molecule has 0 aliphatic carbocycles. The van der Waals surface area contributed by atoms with Crippen LogP contribution < -0.4 is 10.1 Å². The molecule has 1 aromatic heterocycles. The lowest BCUT2D eigenvalue weighted by molar-refractivity contribution is -0.116. The Morgan fingerprint density at radius 2 is 1.93 bits per heavy atom. The van der Waals surface area contributed by atoms with E-state index in [1.165, 1.54) is 11.4 Å². The van der Waals surface area contributed by atoms with E-state index in [4.69, 9.17) is 9.47 Å². The summed E-state index contributed by atoms with van der Waals surface area (Å²) in [6.07, 6.45) is 0.150. The highest BCUT2D eigenvalue weighted by molar-refractivity contribution is 7.89. The minimum absolute atomic E-state index is 0.150. The van der Waals surface area contributed by atoms with Gasteiger partial charge in [-0.25, -0.2) is 8.42 Å². The lowest BCUT2D eigenvalue weighted by atomic mass is 10.2. The maximum atomic E-state index is 13.0. The number of benzene rings is 1. The lowest BCUT2D eigenvalue weighted by Crippen LogP contribution is -2.41. The molecule has 29 heavy (non-hydrogen) atoms. The van der Waals surface area contributed by atoms with Crippen LogP contribution in [0.1, 0.15) is 17.8 Å². The molecular formula is C19H26N4O5S. The number of para-hydroxylation sites is 2. The van der Waals surface area contributed by atoms with E-state index in [1.54, 1.807) is 30.7 Å². The highest BCUT2D eigenvalue weighted by atomic mass is 32.2.